The number of H-pyrrole nitrogens is 1. The van der Waals surface area contributed by atoms with Gasteiger partial charge in [0.15, 0.2) is 0 Å². The van der Waals surface area contributed by atoms with E-state index in [1.54, 1.807) is 24.4 Å². The number of carbonyl (C=O) groups excluding carboxylic acids is 2. The molecule has 1 fully saturated rings. The third-order valence-electron chi connectivity index (χ3n) is 6.48. The molecule has 0 aliphatic carbocycles. The van der Waals surface area contributed by atoms with Crippen LogP contribution in [0.25, 0.3) is 11.4 Å². The summed E-state index contributed by atoms with van der Waals surface area (Å²) in [5, 5.41) is 9.71. The van der Waals surface area contributed by atoms with Crippen molar-refractivity contribution in [3.05, 3.63) is 95.6 Å². The van der Waals surface area contributed by atoms with Crippen molar-refractivity contribution in [3.8, 4) is 11.4 Å². The molecule has 2 amide bonds. The molecule has 5 rings (SSSR count). The van der Waals surface area contributed by atoms with Crippen molar-refractivity contribution in [3.63, 3.8) is 0 Å². The molecule has 0 saturated carbocycles. The lowest BCUT2D eigenvalue weighted by Crippen LogP contribution is -2.38. The van der Waals surface area contributed by atoms with E-state index < -0.39 is 17.6 Å². The predicted molar refractivity (Wildman–Crippen MR) is 133 cm³/mol. The van der Waals surface area contributed by atoms with E-state index in [0.717, 1.165) is 23.9 Å². The van der Waals surface area contributed by atoms with Crippen LogP contribution in [0.15, 0.2) is 73.1 Å². The van der Waals surface area contributed by atoms with E-state index in [1.165, 1.54) is 4.90 Å². The number of nitrogens with one attached hydrogen (secondary N) is 2. The Hall–Kier alpha value is -4.54. The molecule has 1 saturated heterocycles. The lowest BCUT2D eigenvalue weighted by molar-refractivity contribution is -0.137. The number of aromatic amines is 1. The minimum absolute atomic E-state index is 0.187. The van der Waals surface area contributed by atoms with Gasteiger partial charge < -0.3 is 10.2 Å². The summed E-state index contributed by atoms with van der Waals surface area (Å²) in [6.45, 7) is 0.830. The van der Waals surface area contributed by atoms with E-state index in [4.69, 9.17) is 0 Å². The number of rotatable bonds is 5. The standard InChI is InChI=1S/C27H23F3N6O2/c28-27(29,30)19-8-12-32-24(15-19)26(38)36-13-9-18(10-14-36)17-4-6-20(7-5-17)33-25(37)23-16-22(34-35-23)21-3-1-2-11-31-21/h1-8,11-12,15-16,18H,9-10,13-14H2,(H,33,37)(H,34,35). The highest BCUT2D eigenvalue weighted by Gasteiger charge is 2.32. The number of hydrogen-bond acceptors (Lipinski definition) is 5. The van der Waals surface area contributed by atoms with Crippen LogP contribution in [-0.2, 0) is 6.18 Å². The first kappa shape index (κ1) is 25.1. The van der Waals surface area contributed by atoms with Crippen molar-refractivity contribution in [1.29, 1.82) is 0 Å². The average Bonchev–Trinajstić information content (AvgIpc) is 3.44. The van der Waals surface area contributed by atoms with Crippen LogP contribution in [0, 0.1) is 0 Å². The van der Waals surface area contributed by atoms with E-state index in [0.29, 0.717) is 48.7 Å². The van der Waals surface area contributed by atoms with Crippen LogP contribution in [0.4, 0.5) is 18.9 Å². The minimum Gasteiger partial charge on any atom is -0.337 e. The molecule has 0 spiro atoms. The van der Waals surface area contributed by atoms with Gasteiger partial charge in [-0.2, -0.15) is 18.3 Å². The van der Waals surface area contributed by atoms with Crippen LogP contribution in [0.1, 0.15) is 50.9 Å². The summed E-state index contributed by atoms with van der Waals surface area (Å²) in [4.78, 5) is 34.9. The molecular formula is C27H23F3N6O2. The summed E-state index contributed by atoms with van der Waals surface area (Å²) in [5.74, 6) is -0.646. The van der Waals surface area contributed by atoms with E-state index in [9.17, 15) is 22.8 Å². The average molecular weight is 521 g/mol. The third kappa shape index (κ3) is 5.56. The highest BCUT2D eigenvalue weighted by atomic mass is 19.4. The molecule has 3 aromatic heterocycles. The fourth-order valence-corrected chi connectivity index (χ4v) is 4.42. The number of benzene rings is 1. The van der Waals surface area contributed by atoms with Crippen LogP contribution in [0.5, 0.6) is 0 Å². The van der Waals surface area contributed by atoms with E-state index >= 15 is 0 Å². The number of amides is 2. The van der Waals surface area contributed by atoms with Gasteiger partial charge in [0, 0.05) is 31.2 Å². The van der Waals surface area contributed by atoms with Crippen molar-refractivity contribution in [2.45, 2.75) is 24.9 Å². The minimum atomic E-state index is -4.53. The third-order valence-corrected chi connectivity index (χ3v) is 6.48. The van der Waals surface area contributed by atoms with Gasteiger partial charge in [-0.3, -0.25) is 24.7 Å². The first-order valence-electron chi connectivity index (χ1n) is 12.0. The second-order valence-electron chi connectivity index (χ2n) is 8.95. The van der Waals surface area contributed by atoms with Crippen molar-refractivity contribution < 1.29 is 22.8 Å². The van der Waals surface area contributed by atoms with E-state index in [1.807, 2.05) is 30.3 Å². The van der Waals surface area contributed by atoms with E-state index in [2.05, 4.69) is 25.5 Å². The van der Waals surface area contributed by atoms with Gasteiger partial charge in [0.1, 0.15) is 17.1 Å². The zero-order valence-corrected chi connectivity index (χ0v) is 20.1. The predicted octanol–water partition coefficient (Wildman–Crippen LogP) is 5.16. The number of piperidine rings is 1. The molecule has 0 radical (unpaired) electrons. The van der Waals surface area contributed by atoms with Crippen molar-refractivity contribution in [2.75, 3.05) is 18.4 Å². The van der Waals surface area contributed by atoms with Gasteiger partial charge in [-0.05, 0) is 66.8 Å². The Morgan fingerprint density at radius 3 is 2.37 bits per heavy atom. The first-order valence-corrected chi connectivity index (χ1v) is 12.0. The number of carbonyl (C=O) groups is 2. The van der Waals surface area contributed by atoms with Crippen LogP contribution in [-0.4, -0.2) is 50.0 Å². The summed E-state index contributed by atoms with van der Waals surface area (Å²) in [5.41, 5.74) is 2.12. The molecule has 0 unspecified atom stereocenters. The van der Waals surface area contributed by atoms with Gasteiger partial charge in [0.25, 0.3) is 11.8 Å². The number of anilines is 1. The Morgan fingerprint density at radius 2 is 1.68 bits per heavy atom. The lowest BCUT2D eigenvalue weighted by atomic mass is 9.89. The van der Waals surface area contributed by atoms with Gasteiger partial charge in [-0.25, -0.2) is 0 Å². The Balaban J connectivity index is 1.16. The normalized spacial score (nSPS) is 14.3. The highest BCUT2D eigenvalue weighted by molar-refractivity contribution is 6.03. The monoisotopic (exact) mass is 520 g/mol. The second-order valence-corrected chi connectivity index (χ2v) is 8.95. The molecule has 0 atom stereocenters. The second kappa shape index (κ2) is 10.4. The smallest absolute Gasteiger partial charge is 0.337 e. The maximum absolute atomic E-state index is 13.0. The molecule has 194 valence electrons. The number of pyridine rings is 2. The molecule has 4 heterocycles. The quantitative estimate of drug-likeness (QED) is 0.379. The SMILES string of the molecule is O=C(Nc1ccc(C2CCN(C(=O)c3cc(C(F)(F)F)ccn3)CC2)cc1)c1cc(-c2ccccn2)n[nH]1. The van der Waals surface area contributed by atoms with Crippen molar-refractivity contribution in [1.82, 2.24) is 25.1 Å². The lowest BCUT2D eigenvalue weighted by Gasteiger charge is -2.32. The Labute approximate surface area is 215 Å². The fraction of sp³-hybridized carbons (Fsp3) is 0.222. The molecule has 1 aliphatic rings. The maximum atomic E-state index is 13.0. The number of nitrogens with zero attached hydrogens (tertiary/aromatic N) is 4. The number of likely N-dealkylation sites (tertiary alicyclic amines) is 1. The van der Waals surface area contributed by atoms with Crippen LogP contribution < -0.4 is 5.32 Å². The largest absolute Gasteiger partial charge is 0.416 e. The molecular weight excluding hydrogens is 497 g/mol. The summed E-state index contributed by atoms with van der Waals surface area (Å²) in [6, 6.07) is 16.2. The topological polar surface area (TPSA) is 104 Å². The number of hydrogen-bond donors (Lipinski definition) is 2. The van der Waals surface area contributed by atoms with Gasteiger partial charge in [-0.1, -0.05) is 18.2 Å². The summed E-state index contributed by atoms with van der Waals surface area (Å²) < 4.78 is 38.9. The number of aromatic nitrogens is 4. The Bertz CT molecular complexity index is 1430. The van der Waals surface area contributed by atoms with Crippen molar-refractivity contribution in [2.24, 2.45) is 0 Å². The van der Waals surface area contributed by atoms with Gasteiger partial charge in [0.05, 0.1) is 11.3 Å². The Morgan fingerprint density at radius 1 is 0.921 bits per heavy atom. The molecule has 38 heavy (non-hydrogen) atoms. The molecule has 1 aromatic carbocycles. The van der Waals surface area contributed by atoms with Crippen LogP contribution in [0.3, 0.4) is 0 Å². The van der Waals surface area contributed by atoms with Gasteiger partial charge >= 0.3 is 6.18 Å². The zero-order valence-electron chi connectivity index (χ0n) is 20.1. The molecule has 0 bridgehead atoms. The number of alkyl halides is 3. The molecule has 1 aliphatic heterocycles. The maximum Gasteiger partial charge on any atom is 0.416 e. The molecule has 4 aromatic rings. The van der Waals surface area contributed by atoms with E-state index in [-0.39, 0.29) is 17.5 Å². The summed E-state index contributed by atoms with van der Waals surface area (Å²) in [6.07, 6.45) is -0.533. The zero-order chi connectivity index (χ0) is 26.7. The van der Waals surface area contributed by atoms with Gasteiger partial charge in [0.2, 0.25) is 0 Å². The highest BCUT2D eigenvalue weighted by Crippen LogP contribution is 2.31. The van der Waals surface area contributed by atoms with Crippen molar-refractivity contribution >= 4 is 17.5 Å². The van der Waals surface area contributed by atoms with Crippen LogP contribution in [0.2, 0.25) is 0 Å². The number of halogens is 3. The molecule has 2 N–H and O–H groups in total. The summed E-state index contributed by atoms with van der Waals surface area (Å²) in [7, 11) is 0. The summed E-state index contributed by atoms with van der Waals surface area (Å²) >= 11 is 0. The molecule has 11 heteroatoms. The van der Waals surface area contributed by atoms with Crippen LogP contribution >= 0.6 is 0 Å². The Kier molecular flexibility index (Phi) is 6.91. The van der Waals surface area contributed by atoms with Gasteiger partial charge in [-0.15, -0.1) is 0 Å². The first-order chi connectivity index (χ1) is 18.3. The fourth-order valence-electron chi connectivity index (χ4n) is 4.42. The molecule has 8 nitrogen and oxygen atoms in total.